The molecule has 1 aromatic carbocycles. The summed E-state index contributed by atoms with van der Waals surface area (Å²) >= 11 is 0. The van der Waals surface area contributed by atoms with Crippen LogP contribution in [-0.2, 0) is 6.61 Å². The summed E-state index contributed by atoms with van der Waals surface area (Å²) in [7, 11) is 0. The Morgan fingerprint density at radius 1 is 1.38 bits per heavy atom. The Hall–Kier alpha value is -0.890. The summed E-state index contributed by atoms with van der Waals surface area (Å²) in [5.41, 5.74) is 1.93. The van der Waals surface area contributed by atoms with Crippen molar-refractivity contribution in [3.63, 3.8) is 0 Å². The zero-order valence-electron chi connectivity index (χ0n) is 8.26. The van der Waals surface area contributed by atoms with E-state index in [4.69, 9.17) is 5.11 Å². The second-order valence-corrected chi connectivity index (χ2v) is 3.58. The van der Waals surface area contributed by atoms with E-state index in [0.29, 0.717) is 11.1 Å². The maximum Gasteiger partial charge on any atom is 0.131 e. The minimum absolute atomic E-state index is 0.221. The standard InChI is InChI=1S/C11H15FO/c1-7(2)9-5-4-8(3)11(12)10(9)6-13/h4-5,7,13H,6H2,1-3H3. The molecule has 2 heteroatoms. The molecule has 0 amide bonds. The van der Waals surface area contributed by atoms with Crippen molar-refractivity contribution in [2.24, 2.45) is 0 Å². The Morgan fingerprint density at radius 3 is 2.46 bits per heavy atom. The van der Waals surface area contributed by atoms with E-state index in [1.165, 1.54) is 0 Å². The highest BCUT2D eigenvalue weighted by Gasteiger charge is 2.12. The average molecular weight is 182 g/mol. The van der Waals surface area contributed by atoms with Gasteiger partial charge in [0.15, 0.2) is 0 Å². The fourth-order valence-corrected chi connectivity index (χ4v) is 1.45. The molecule has 72 valence electrons. The topological polar surface area (TPSA) is 20.2 Å². The van der Waals surface area contributed by atoms with E-state index in [2.05, 4.69) is 0 Å². The first-order valence-corrected chi connectivity index (χ1v) is 4.46. The van der Waals surface area contributed by atoms with Gasteiger partial charge in [0.2, 0.25) is 0 Å². The maximum atomic E-state index is 13.5. The Morgan fingerprint density at radius 2 is 2.00 bits per heavy atom. The van der Waals surface area contributed by atoms with Crippen molar-refractivity contribution in [1.82, 2.24) is 0 Å². The third kappa shape index (κ3) is 1.89. The van der Waals surface area contributed by atoms with Crippen LogP contribution >= 0.6 is 0 Å². The molecule has 0 spiro atoms. The van der Waals surface area contributed by atoms with E-state index >= 15 is 0 Å². The van der Waals surface area contributed by atoms with Crippen LogP contribution in [0.4, 0.5) is 4.39 Å². The van der Waals surface area contributed by atoms with Gasteiger partial charge in [0, 0.05) is 5.56 Å². The normalized spacial score (nSPS) is 10.9. The quantitative estimate of drug-likeness (QED) is 0.745. The molecule has 0 aliphatic carbocycles. The van der Waals surface area contributed by atoms with E-state index in [-0.39, 0.29) is 18.3 Å². The van der Waals surface area contributed by atoms with Crippen LogP contribution in [0.25, 0.3) is 0 Å². The van der Waals surface area contributed by atoms with Crippen molar-refractivity contribution >= 4 is 0 Å². The first kappa shape index (κ1) is 10.2. The number of hydrogen-bond donors (Lipinski definition) is 1. The number of hydrogen-bond acceptors (Lipinski definition) is 1. The predicted octanol–water partition coefficient (Wildman–Crippen LogP) is 2.75. The van der Waals surface area contributed by atoms with Crippen molar-refractivity contribution in [3.05, 3.63) is 34.6 Å². The summed E-state index contributed by atoms with van der Waals surface area (Å²) in [5, 5.41) is 9.03. The zero-order chi connectivity index (χ0) is 10.0. The van der Waals surface area contributed by atoms with Crippen molar-refractivity contribution in [2.45, 2.75) is 33.3 Å². The molecule has 0 aromatic heterocycles. The lowest BCUT2D eigenvalue weighted by atomic mass is 9.95. The largest absolute Gasteiger partial charge is 0.392 e. The Labute approximate surface area is 78.2 Å². The lowest BCUT2D eigenvalue weighted by Gasteiger charge is -2.12. The first-order chi connectivity index (χ1) is 6.07. The van der Waals surface area contributed by atoms with Crippen molar-refractivity contribution in [2.75, 3.05) is 0 Å². The van der Waals surface area contributed by atoms with Gasteiger partial charge in [0.1, 0.15) is 5.82 Å². The molecule has 0 fully saturated rings. The molecule has 0 aliphatic heterocycles. The number of benzene rings is 1. The van der Waals surface area contributed by atoms with Crippen LogP contribution in [0.5, 0.6) is 0 Å². The Kier molecular flexibility index (Phi) is 3.04. The molecular formula is C11H15FO. The van der Waals surface area contributed by atoms with Gasteiger partial charge in [-0.2, -0.15) is 0 Å². The van der Waals surface area contributed by atoms with Gasteiger partial charge in [-0.3, -0.25) is 0 Å². The molecule has 1 N–H and O–H groups in total. The molecule has 0 saturated carbocycles. The van der Waals surface area contributed by atoms with Gasteiger partial charge < -0.3 is 5.11 Å². The predicted molar refractivity (Wildman–Crippen MR) is 51.1 cm³/mol. The van der Waals surface area contributed by atoms with Gasteiger partial charge >= 0.3 is 0 Å². The molecule has 0 atom stereocenters. The number of aliphatic hydroxyl groups excluding tert-OH is 1. The summed E-state index contributed by atoms with van der Waals surface area (Å²) in [6, 6.07) is 3.64. The van der Waals surface area contributed by atoms with Gasteiger partial charge in [-0.05, 0) is 24.0 Å². The number of rotatable bonds is 2. The molecule has 0 aliphatic rings. The minimum Gasteiger partial charge on any atom is -0.392 e. The second kappa shape index (κ2) is 3.88. The van der Waals surface area contributed by atoms with Crippen LogP contribution < -0.4 is 0 Å². The van der Waals surface area contributed by atoms with E-state index in [0.717, 1.165) is 5.56 Å². The van der Waals surface area contributed by atoms with Gasteiger partial charge in [0.05, 0.1) is 6.61 Å². The molecular weight excluding hydrogens is 167 g/mol. The van der Waals surface area contributed by atoms with E-state index in [9.17, 15) is 4.39 Å². The number of aryl methyl sites for hydroxylation is 1. The third-order valence-electron chi connectivity index (χ3n) is 2.25. The highest BCUT2D eigenvalue weighted by molar-refractivity contribution is 5.34. The van der Waals surface area contributed by atoms with Crippen LogP contribution in [0.15, 0.2) is 12.1 Å². The molecule has 0 radical (unpaired) electrons. The highest BCUT2D eigenvalue weighted by Crippen LogP contribution is 2.23. The molecule has 0 saturated heterocycles. The summed E-state index contributed by atoms with van der Waals surface area (Å²) in [4.78, 5) is 0. The first-order valence-electron chi connectivity index (χ1n) is 4.46. The molecule has 1 nitrogen and oxygen atoms in total. The molecule has 13 heavy (non-hydrogen) atoms. The Balaban J connectivity index is 3.30. The zero-order valence-corrected chi connectivity index (χ0v) is 8.26. The summed E-state index contributed by atoms with van der Waals surface area (Å²) in [6.45, 7) is 5.46. The molecule has 1 aromatic rings. The van der Waals surface area contributed by atoms with Gasteiger partial charge in [-0.1, -0.05) is 26.0 Å². The van der Waals surface area contributed by atoms with Crippen LogP contribution in [0, 0.1) is 12.7 Å². The lowest BCUT2D eigenvalue weighted by Crippen LogP contribution is -2.01. The fourth-order valence-electron chi connectivity index (χ4n) is 1.45. The van der Waals surface area contributed by atoms with Gasteiger partial charge in [-0.25, -0.2) is 4.39 Å². The van der Waals surface area contributed by atoms with Crippen molar-refractivity contribution in [3.8, 4) is 0 Å². The van der Waals surface area contributed by atoms with Crippen molar-refractivity contribution in [1.29, 1.82) is 0 Å². The van der Waals surface area contributed by atoms with Gasteiger partial charge in [0.25, 0.3) is 0 Å². The summed E-state index contributed by atoms with van der Waals surface area (Å²) < 4.78 is 13.5. The SMILES string of the molecule is Cc1ccc(C(C)C)c(CO)c1F. The average Bonchev–Trinajstić information content (AvgIpc) is 2.09. The summed E-state index contributed by atoms with van der Waals surface area (Å²) in [5.74, 6) is -0.0223. The van der Waals surface area contributed by atoms with Crippen LogP contribution in [0.1, 0.15) is 36.5 Å². The van der Waals surface area contributed by atoms with Crippen molar-refractivity contribution < 1.29 is 9.50 Å². The highest BCUT2D eigenvalue weighted by atomic mass is 19.1. The van der Waals surface area contributed by atoms with E-state index < -0.39 is 0 Å². The monoisotopic (exact) mass is 182 g/mol. The summed E-state index contributed by atoms with van der Waals surface area (Å²) in [6.07, 6.45) is 0. The van der Waals surface area contributed by atoms with E-state index in [1.54, 1.807) is 13.0 Å². The Bertz CT molecular complexity index is 305. The smallest absolute Gasteiger partial charge is 0.131 e. The molecule has 1 rings (SSSR count). The van der Waals surface area contributed by atoms with E-state index in [1.807, 2.05) is 19.9 Å². The van der Waals surface area contributed by atoms with Crippen LogP contribution in [0.3, 0.4) is 0 Å². The molecule has 0 bridgehead atoms. The number of halogens is 1. The van der Waals surface area contributed by atoms with Crippen LogP contribution in [-0.4, -0.2) is 5.11 Å². The van der Waals surface area contributed by atoms with Gasteiger partial charge in [-0.15, -0.1) is 0 Å². The maximum absolute atomic E-state index is 13.5. The fraction of sp³-hybridized carbons (Fsp3) is 0.455. The second-order valence-electron chi connectivity index (χ2n) is 3.58. The minimum atomic E-state index is -0.270. The van der Waals surface area contributed by atoms with Crippen LogP contribution in [0.2, 0.25) is 0 Å². The molecule has 0 unspecified atom stereocenters. The lowest BCUT2D eigenvalue weighted by molar-refractivity contribution is 0.273. The number of aliphatic hydroxyl groups is 1. The molecule has 0 heterocycles. The third-order valence-corrected chi connectivity index (χ3v) is 2.25.